The Balaban J connectivity index is 2.18. The second-order valence-electron chi connectivity index (χ2n) is 6.09. The van der Waals surface area contributed by atoms with E-state index < -0.39 is 18.0 Å². The third kappa shape index (κ3) is 6.01. The Hall–Kier alpha value is -3.99. The maximum Gasteiger partial charge on any atom is 0.344 e. The number of carboxylic acid groups (broad SMARTS) is 1. The van der Waals surface area contributed by atoms with Crippen LogP contribution in [0.25, 0.3) is 6.08 Å². The Morgan fingerprint density at radius 3 is 2.47 bits per heavy atom. The first-order valence-corrected chi connectivity index (χ1v) is 9.11. The van der Waals surface area contributed by atoms with Crippen molar-refractivity contribution in [3.8, 4) is 23.3 Å². The maximum atomic E-state index is 12.4. The van der Waals surface area contributed by atoms with Crippen molar-refractivity contribution < 1.29 is 28.9 Å². The minimum atomic E-state index is -1.11. The number of carbonyl (C=O) groups is 2. The van der Waals surface area contributed by atoms with E-state index in [-0.39, 0.29) is 17.1 Å². The van der Waals surface area contributed by atoms with Gasteiger partial charge in [-0.05, 0) is 61.9 Å². The van der Waals surface area contributed by atoms with Crippen molar-refractivity contribution in [2.45, 2.75) is 20.0 Å². The van der Waals surface area contributed by atoms with E-state index >= 15 is 0 Å². The van der Waals surface area contributed by atoms with E-state index in [9.17, 15) is 14.9 Å². The number of nitrogens with zero attached hydrogens (tertiary/aromatic N) is 1. The van der Waals surface area contributed by atoms with Crippen molar-refractivity contribution in [2.75, 3.05) is 19.0 Å². The highest BCUT2D eigenvalue weighted by molar-refractivity contribution is 6.09. The highest BCUT2D eigenvalue weighted by Gasteiger charge is 2.16. The van der Waals surface area contributed by atoms with Gasteiger partial charge in [0, 0.05) is 5.69 Å². The van der Waals surface area contributed by atoms with E-state index in [2.05, 4.69) is 5.32 Å². The fourth-order valence-electron chi connectivity index (χ4n) is 2.43. The summed E-state index contributed by atoms with van der Waals surface area (Å²) < 4.78 is 15.9. The predicted octanol–water partition coefficient (Wildman–Crippen LogP) is 3.49. The van der Waals surface area contributed by atoms with E-state index in [1.54, 1.807) is 36.4 Å². The summed E-state index contributed by atoms with van der Waals surface area (Å²) in [6.07, 6.45) is 0.339. The zero-order valence-corrected chi connectivity index (χ0v) is 16.8. The highest BCUT2D eigenvalue weighted by atomic mass is 16.5. The minimum absolute atomic E-state index is 0.112. The second-order valence-corrected chi connectivity index (χ2v) is 6.09. The molecule has 0 unspecified atom stereocenters. The number of hydrogen-bond acceptors (Lipinski definition) is 6. The number of nitrogens with one attached hydrogen (secondary N) is 1. The molecule has 0 aliphatic carbocycles. The lowest BCUT2D eigenvalue weighted by Gasteiger charge is -2.14. The quantitative estimate of drug-likeness (QED) is 0.480. The van der Waals surface area contributed by atoms with Gasteiger partial charge in [0.15, 0.2) is 17.6 Å². The predicted molar refractivity (Wildman–Crippen MR) is 111 cm³/mol. The summed E-state index contributed by atoms with van der Waals surface area (Å²) in [5.74, 6) is -0.486. The summed E-state index contributed by atoms with van der Waals surface area (Å²) in [7, 11) is 1.41. The average Bonchev–Trinajstić information content (AvgIpc) is 2.74. The van der Waals surface area contributed by atoms with Crippen molar-refractivity contribution in [1.82, 2.24) is 0 Å². The average molecular weight is 410 g/mol. The summed E-state index contributed by atoms with van der Waals surface area (Å²) >= 11 is 0. The molecule has 0 heterocycles. The molecule has 0 radical (unpaired) electrons. The van der Waals surface area contributed by atoms with Crippen LogP contribution in [0.5, 0.6) is 17.2 Å². The maximum absolute atomic E-state index is 12.4. The van der Waals surface area contributed by atoms with Gasteiger partial charge in [0.2, 0.25) is 0 Å². The number of anilines is 1. The lowest BCUT2D eigenvalue weighted by Crippen LogP contribution is -2.23. The minimum Gasteiger partial charge on any atom is -0.494 e. The first kappa shape index (κ1) is 22.3. The van der Waals surface area contributed by atoms with Crippen LogP contribution in [0.3, 0.4) is 0 Å². The molecule has 8 heteroatoms. The normalized spacial score (nSPS) is 11.7. The number of nitriles is 1. The van der Waals surface area contributed by atoms with Gasteiger partial charge in [-0.1, -0.05) is 6.07 Å². The monoisotopic (exact) mass is 410 g/mol. The molecule has 2 aromatic carbocycles. The summed E-state index contributed by atoms with van der Waals surface area (Å²) in [4.78, 5) is 23.4. The first-order chi connectivity index (χ1) is 14.4. The topological polar surface area (TPSA) is 118 Å². The van der Waals surface area contributed by atoms with Crippen molar-refractivity contribution in [2.24, 2.45) is 0 Å². The molecule has 2 aromatic rings. The van der Waals surface area contributed by atoms with E-state index in [0.717, 1.165) is 0 Å². The molecule has 2 N–H and O–H groups in total. The largest absolute Gasteiger partial charge is 0.494 e. The number of carboxylic acids is 1. The number of rotatable bonds is 9. The van der Waals surface area contributed by atoms with Gasteiger partial charge < -0.3 is 24.6 Å². The molecule has 156 valence electrons. The second kappa shape index (κ2) is 10.5. The zero-order chi connectivity index (χ0) is 22.1. The van der Waals surface area contributed by atoms with Gasteiger partial charge in [0.25, 0.3) is 5.91 Å². The fourth-order valence-corrected chi connectivity index (χ4v) is 2.43. The molecule has 0 aliphatic rings. The third-order valence-corrected chi connectivity index (χ3v) is 3.94. The van der Waals surface area contributed by atoms with Gasteiger partial charge in [-0.3, -0.25) is 4.79 Å². The molecular formula is C22H22N2O6. The van der Waals surface area contributed by atoms with Gasteiger partial charge in [-0.2, -0.15) is 5.26 Å². The van der Waals surface area contributed by atoms with E-state index in [1.165, 1.54) is 26.2 Å². The van der Waals surface area contributed by atoms with Gasteiger partial charge in [-0.25, -0.2) is 4.79 Å². The van der Waals surface area contributed by atoms with Gasteiger partial charge in [-0.15, -0.1) is 0 Å². The molecule has 0 saturated carbocycles. The van der Waals surface area contributed by atoms with E-state index in [0.29, 0.717) is 23.6 Å². The SMILES string of the molecule is CCOc1ccc(NC(=O)/C(C#N)=C\c2ccc(O[C@H](C)C(=O)O)c(OC)c2)cc1. The molecule has 1 amide bonds. The third-order valence-electron chi connectivity index (χ3n) is 3.94. The lowest BCUT2D eigenvalue weighted by atomic mass is 10.1. The Kier molecular flexibility index (Phi) is 7.82. The smallest absolute Gasteiger partial charge is 0.344 e. The molecule has 2 rings (SSSR count). The molecule has 30 heavy (non-hydrogen) atoms. The number of methoxy groups -OCH3 is 1. The fraction of sp³-hybridized carbons (Fsp3) is 0.227. The number of aliphatic carboxylic acids is 1. The summed E-state index contributed by atoms with van der Waals surface area (Å²) in [5.41, 5.74) is 0.924. The van der Waals surface area contributed by atoms with Crippen molar-refractivity contribution in [1.29, 1.82) is 5.26 Å². The van der Waals surface area contributed by atoms with Crippen LogP contribution >= 0.6 is 0 Å². The molecule has 0 bridgehead atoms. The lowest BCUT2D eigenvalue weighted by molar-refractivity contribution is -0.144. The van der Waals surface area contributed by atoms with Crippen LogP contribution in [0, 0.1) is 11.3 Å². The van der Waals surface area contributed by atoms with Crippen LogP contribution in [-0.2, 0) is 9.59 Å². The number of carbonyl (C=O) groups excluding carboxylic acids is 1. The van der Waals surface area contributed by atoms with Crippen LogP contribution in [0.15, 0.2) is 48.0 Å². The standard InChI is InChI=1S/C22H22N2O6/c1-4-29-18-8-6-17(7-9-18)24-21(25)16(13-23)11-15-5-10-19(20(12-15)28-3)30-14(2)22(26)27/h5-12,14H,4H2,1-3H3,(H,24,25)(H,26,27)/b16-11-/t14-/m1/s1. The molecule has 0 fully saturated rings. The number of ether oxygens (including phenoxy) is 3. The molecule has 8 nitrogen and oxygen atoms in total. The van der Waals surface area contributed by atoms with Gasteiger partial charge in [0.1, 0.15) is 17.4 Å². The van der Waals surface area contributed by atoms with Crippen LogP contribution in [0.2, 0.25) is 0 Å². The van der Waals surface area contributed by atoms with E-state index in [1.807, 2.05) is 13.0 Å². The number of amides is 1. The Bertz CT molecular complexity index is 976. The molecule has 1 atom stereocenters. The van der Waals surface area contributed by atoms with Crippen LogP contribution in [0.4, 0.5) is 5.69 Å². The van der Waals surface area contributed by atoms with Crippen LogP contribution in [-0.4, -0.2) is 36.8 Å². The highest BCUT2D eigenvalue weighted by Crippen LogP contribution is 2.30. The van der Waals surface area contributed by atoms with Crippen LogP contribution in [0.1, 0.15) is 19.4 Å². The van der Waals surface area contributed by atoms with Crippen LogP contribution < -0.4 is 19.5 Å². The van der Waals surface area contributed by atoms with Crippen molar-refractivity contribution in [3.05, 3.63) is 53.6 Å². The molecule has 0 aliphatic heterocycles. The van der Waals surface area contributed by atoms with Crippen molar-refractivity contribution in [3.63, 3.8) is 0 Å². The Morgan fingerprint density at radius 1 is 1.20 bits per heavy atom. The van der Waals surface area contributed by atoms with Gasteiger partial charge >= 0.3 is 5.97 Å². The number of hydrogen-bond donors (Lipinski definition) is 2. The molecule has 0 saturated heterocycles. The first-order valence-electron chi connectivity index (χ1n) is 9.11. The summed E-state index contributed by atoms with van der Waals surface area (Å²) in [5, 5.41) is 21.0. The van der Waals surface area contributed by atoms with E-state index in [4.69, 9.17) is 19.3 Å². The Labute approximate surface area is 174 Å². The molecular weight excluding hydrogens is 388 g/mol. The summed E-state index contributed by atoms with van der Waals surface area (Å²) in [6.45, 7) is 3.81. The molecule has 0 aromatic heterocycles. The number of benzene rings is 2. The van der Waals surface area contributed by atoms with Gasteiger partial charge in [0.05, 0.1) is 13.7 Å². The molecule has 0 spiro atoms. The zero-order valence-electron chi connectivity index (χ0n) is 16.8. The Morgan fingerprint density at radius 2 is 1.90 bits per heavy atom. The van der Waals surface area contributed by atoms with Crippen molar-refractivity contribution >= 4 is 23.6 Å². The summed E-state index contributed by atoms with van der Waals surface area (Å²) in [6, 6.07) is 13.3.